The van der Waals surface area contributed by atoms with E-state index in [4.69, 9.17) is 15.2 Å². The molecule has 0 radical (unpaired) electrons. The summed E-state index contributed by atoms with van der Waals surface area (Å²) in [6, 6.07) is 8.21. The molecule has 0 spiro atoms. The van der Waals surface area contributed by atoms with Crippen LogP contribution >= 0.6 is 0 Å². The van der Waals surface area contributed by atoms with Gasteiger partial charge in [0.2, 0.25) is 0 Å². The van der Waals surface area contributed by atoms with Gasteiger partial charge in [0.1, 0.15) is 0 Å². The fourth-order valence-electron chi connectivity index (χ4n) is 1.43. The maximum atomic E-state index is 6.00. The molecule has 1 atom stereocenters. The Kier molecular flexibility index (Phi) is 6.08. The van der Waals surface area contributed by atoms with Crippen LogP contribution in [0.15, 0.2) is 24.3 Å². The van der Waals surface area contributed by atoms with Crippen LogP contribution in [0.4, 0.5) is 0 Å². The highest BCUT2D eigenvalue weighted by molar-refractivity contribution is 5.23. The highest BCUT2D eigenvalue weighted by Crippen LogP contribution is 2.11. The molecule has 0 aliphatic heterocycles. The van der Waals surface area contributed by atoms with Crippen LogP contribution < -0.4 is 5.73 Å². The van der Waals surface area contributed by atoms with Gasteiger partial charge in [0.25, 0.3) is 0 Å². The number of rotatable bonds is 7. The van der Waals surface area contributed by atoms with Crippen LogP contribution in [0.3, 0.4) is 0 Å². The highest BCUT2D eigenvalue weighted by Gasteiger charge is 2.05. The molecule has 0 aliphatic carbocycles. The molecular weight excluding hydrogens is 202 g/mol. The van der Waals surface area contributed by atoms with Crippen LogP contribution in [0.25, 0.3) is 0 Å². The zero-order chi connectivity index (χ0) is 11.8. The van der Waals surface area contributed by atoms with Gasteiger partial charge in [-0.05, 0) is 18.9 Å². The lowest BCUT2D eigenvalue weighted by Gasteiger charge is -2.12. The molecule has 2 N–H and O–H groups in total. The van der Waals surface area contributed by atoms with E-state index in [1.807, 2.05) is 0 Å². The van der Waals surface area contributed by atoms with Crippen molar-refractivity contribution in [1.82, 2.24) is 0 Å². The van der Waals surface area contributed by atoms with E-state index >= 15 is 0 Å². The first-order valence-corrected chi connectivity index (χ1v) is 5.63. The molecule has 90 valence electrons. The van der Waals surface area contributed by atoms with Crippen molar-refractivity contribution in [3.8, 4) is 0 Å². The van der Waals surface area contributed by atoms with Gasteiger partial charge in [0.15, 0.2) is 0 Å². The van der Waals surface area contributed by atoms with E-state index in [9.17, 15) is 0 Å². The molecule has 0 saturated carbocycles. The molecular formula is C13H21NO2. The van der Waals surface area contributed by atoms with Crippen molar-refractivity contribution >= 4 is 0 Å². The Hall–Kier alpha value is -0.900. The molecule has 16 heavy (non-hydrogen) atoms. The lowest BCUT2D eigenvalue weighted by atomic mass is 10.1. The van der Waals surface area contributed by atoms with Gasteiger partial charge in [-0.15, -0.1) is 0 Å². The van der Waals surface area contributed by atoms with Crippen molar-refractivity contribution < 1.29 is 9.47 Å². The number of hydrogen-bond donors (Lipinski definition) is 1. The van der Waals surface area contributed by atoms with Gasteiger partial charge in [-0.2, -0.15) is 0 Å². The molecule has 1 rings (SSSR count). The number of nitrogens with two attached hydrogens (primary N) is 1. The van der Waals surface area contributed by atoms with E-state index in [-0.39, 0.29) is 6.04 Å². The summed E-state index contributed by atoms with van der Waals surface area (Å²) in [5, 5.41) is 0. The molecule has 1 aromatic carbocycles. The first kappa shape index (κ1) is 13.2. The van der Waals surface area contributed by atoms with E-state index in [2.05, 4.69) is 31.2 Å². The minimum atomic E-state index is -0.0388. The number of methoxy groups -OCH3 is 1. The lowest BCUT2D eigenvalue weighted by molar-refractivity contribution is 0.0940. The number of ether oxygens (including phenoxy) is 2. The predicted octanol–water partition coefficient (Wildman–Crippen LogP) is 2.05. The van der Waals surface area contributed by atoms with E-state index in [1.165, 1.54) is 5.56 Å². The van der Waals surface area contributed by atoms with Crippen molar-refractivity contribution in [3.05, 3.63) is 35.4 Å². The third-order valence-electron chi connectivity index (χ3n) is 2.44. The summed E-state index contributed by atoms with van der Waals surface area (Å²) in [7, 11) is 1.69. The van der Waals surface area contributed by atoms with E-state index < -0.39 is 0 Å². The molecule has 3 heteroatoms. The quantitative estimate of drug-likeness (QED) is 0.719. The molecule has 0 saturated heterocycles. The van der Waals surface area contributed by atoms with E-state index in [1.54, 1.807) is 7.11 Å². The molecule has 0 amide bonds. The topological polar surface area (TPSA) is 44.5 Å². The van der Waals surface area contributed by atoms with Crippen LogP contribution in [-0.2, 0) is 9.47 Å². The summed E-state index contributed by atoms with van der Waals surface area (Å²) >= 11 is 0. The van der Waals surface area contributed by atoms with Crippen LogP contribution in [0.5, 0.6) is 0 Å². The Labute approximate surface area is 97.6 Å². The van der Waals surface area contributed by atoms with Gasteiger partial charge in [0, 0.05) is 20.3 Å². The van der Waals surface area contributed by atoms with Gasteiger partial charge in [0.05, 0.1) is 12.6 Å². The Morgan fingerprint density at radius 2 is 1.88 bits per heavy atom. The van der Waals surface area contributed by atoms with Crippen LogP contribution in [0.1, 0.15) is 23.6 Å². The SMILES string of the molecule is COCCCOCC(N)c1ccc(C)cc1. The second-order valence-electron chi connectivity index (χ2n) is 3.94. The second-order valence-corrected chi connectivity index (χ2v) is 3.94. The maximum Gasteiger partial charge on any atom is 0.0659 e. The fraction of sp³-hybridized carbons (Fsp3) is 0.538. The summed E-state index contributed by atoms with van der Waals surface area (Å²) in [5.74, 6) is 0. The zero-order valence-corrected chi connectivity index (χ0v) is 10.1. The number of benzene rings is 1. The largest absolute Gasteiger partial charge is 0.385 e. The van der Waals surface area contributed by atoms with Crippen LogP contribution in [0.2, 0.25) is 0 Å². The average molecular weight is 223 g/mol. The molecule has 0 aromatic heterocycles. The van der Waals surface area contributed by atoms with E-state index in [0.29, 0.717) is 13.2 Å². The summed E-state index contributed by atoms with van der Waals surface area (Å²) in [6.45, 7) is 4.07. The maximum absolute atomic E-state index is 6.00. The molecule has 0 heterocycles. The van der Waals surface area contributed by atoms with Crippen molar-refractivity contribution in [2.24, 2.45) is 5.73 Å². The van der Waals surface area contributed by atoms with Gasteiger partial charge in [-0.1, -0.05) is 29.8 Å². The zero-order valence-electron chi connectivity index (χ0n) is 10.1. The third kappa shape index (κ3) is 4.75. The minimum Gasteiger partial charge on any atom is -0.385 e. The monoisotopic (exact) mass is 223 g/mol. The van der Waals surface area contributed by atoms with Gasteiger partial charge >= 0.3 is 0 Å². The summed E-state index contributed by atoms with van der Waals surface area (Å²) in [6.07, 6.45) is 0.914. The molecule has 0 bridgehead atoms. The second kappa shape index (κ2) is 7.39. The summed E-state index contributed by atoms with van der Waals surface area (Å²) in [5.41, 5.74) is 8.37. The van der Waals surface area contributed by atoms with Crippen molar-refractivity contribution in [1.29, 1.82) is 0 Å². The average Bonchev–Trinajstić information content (AvgIpc) is 2.29. The standard InChI is InChI=1S/C13H21NO2/c1-11-4-6-12(7-5-11)13(14)10-16-9-3-8-15-2/h4-7,13H,3,8-10,14H2,1-2H3. The normalized spacial score (nSPS) is 12.7. The third-order valence-corrected chi connectivity index (χ3v) is 2.44. The molecule has 1 aromatic rings. The molecule has 0 fully saturated rings. The van der Waals surface area contributed by atoms with Crippen molar-refractivity contribution in [2.75, 3.05) is 26.9 Å². The Bertz CT molecular complexity index is 284. The van der Waals surface area contributed by atoms with Crippen LogP contribution in [0, 0.1) is 6.92 Å². The van der Waals surface area contributed by atoms with Gasteiger partial charge in [-0.3, -0.25) is 0 Å². The van der Waals surface area contributed by atoms with E-state index in [0.717, 1.165) is 18.6 Å². The molecule has 0 aliphatic rings. The lowest BCUT2D eigenvalue weighted by Crippen LogP contribution is -2.17. The molecule has 1 unspecified atom stereocenters. The fourth-order valence-corrected chi connectivity index (χ4v) is 1.43. The number of hydrogen-bond acceptors (Lipinski definition) is 3. The minimum absolute atomic E-state index is 0.0388. The first-order valence-electron chi connectivity index (χ1n) is 5.63. The predicted molar refractivity (Wildman–Crippen MR) is 65.4 cm³/mol. The van der Waals surface area contributed by atoms with Gasteiger partial charge in [-0.25, -0.2) is 0 Å². The number of aryl methyl sites for hydroxylation is 1. The first-order chi connectivity index (χ1) is 7.74. The Morgan fingerprint density at radius 3 is 2.50 bits per heavy atom. The van der Waals surface area contributed by atoms with Crippen LogP contribution in [-0.4, -0.2) is 26.9 Å². The Balaban J connectivity index is 2.24. The summed E-state index contributed by atoms with van der Waals surface area (Å²) < 4.78 is 10.4. The Morgan fingerprint density at radius 1 is 1.19 bits per heavy atom. The van der Waals surface area contributed by atoms with Crippen molar-refractivity contribution in [2.45, 2.75) is 19.4 Å². The van der Waals surface area contributed by atoms with Gasteiger partial charge < -0.3 is 15.2 Å². The smallest absolute Gasteiger partial charge is 0.0659 e. The van der Waals surface area contributed by atoms with Crippen molar-refractivity contribution in [3.63, 3.8) is 0 Å². The molecule has 3 nitrogen and oxygen atoms in total. The highest BCUT2D eigenvalue weighted by atomic mass is 16.5. The summed E-state index contributed by atoms with van der Waals surface area (Å²) in [4.78, 5) is 0.